The van der Waals surface area contributed by atoms with Gasteiger partial charge in [-0.1, -0.05) is 116 Å². The lowest BCUT2D eigenvalue weighted by molar-refractivity contribution is -0.890. The molecule has 0 rings (SSSR count). The molecule has 0 saturated heterocycles. The first-order valence-electron chi connectivity index (χ1n) is 22.4. The van der Waals surface area contributed by atoms with Gasteiger partial charge in [0.2, 0.25) is 0 Å². The van der Waals surface area contributed by atoms with Crippen molar-refractivity contribution >= 4 is 0 Å². The van der Waals surface area contributed by atoms with E-state index in [1.165, 1.54) is 20.5 Å². The fraction of sp³-hybridized carbons (Fsp3) is 1.00. The summed E-state index contributed by atoms with van der Waals surface area (Å²) < 4.78 is 203. The van der Waals surface area contributed by atoms with E-state index in [2.05, 4.69) is 6.92 Å². The number of hydrogen-bond donors (Lipinski definition) is 0. The van der Waals surface area contributed by atoms with Gasteiger partial charge in [0.15, 0.2) is 0 Å². The van der Waals surface area contributed by atoms with Crippen LogP contribution < -0.4 is 17.0 Å². The molecule has 0 aliphatic carbocycles. The zero-order chi connectivity index (χ0) is 42.3. The van der Waals surface area contributed by atoms with Gasteiger partial charge in [0.05, 0.1) is 29.9 Å². The molecule has 0 aliphatic heterocycles. The molecule has 0 aliphatic rings. The van der Waals surface area contributed by atoms with Crippen LogP contribution in [0.15, 0.2) is 0 Å². The zero-order valence-corrected chi connectivity index (χ0v) is 19.2. The lowest BCUT2D eigenvalue weighted by atomic mass is 10.1. The van der Waals surface area contributed by atoms with Crippen LogP contribution in [0.25, 0.3) is 0 Å². The van der Waals surface area contributed by atoms with Crippen LogP contribution in [0.4, 0.5) is 0 Å². The van der Waals surface area contributed by atoms with Crippen LogP contribution in [-0.2, 0) is 0 Å². The summed E-state index contributed by atoms with van der Waals surface area (Å²) in [6.45, 7) is -5.32. The third-order valence-electron chi connectivity index (χ3n) is 3.99. The highest BCUT2D eigenvalue weighted by molar-refractivity contribution is 4.50. The van der Waals surface area contributed by atoms with E-state index in [4.69, 9.17) is 34.3 Å². The summed E-state index contributed by atoms with van der Waals surface area (Å²) >= 11 is 0. The van der Waals surface area contributed by atoms with E-state index in [-0.39, 0.29) is 23.5 Å². The summed E-state index contributed by atoms with van der Waals surface area (Å²) in [5.41, 5.74) is 0. The lowest BCUT2D eigenvalue weighted by Gasteiger charge is -2.30. The van der Waals surface area contributed by atoms with E-state index < -0.39 is 81.6 Å². The molecule has 0 N–H and O–H groups in total. The van der Waals surface area contributed by atoms with Crippen LogP contribution in [0.2, 0.25) is 0 Å². The molecule has 0 unspecified atom stereocenters. The Morgan fingerprint density at radius 3 is 1.54 bits per heavy atom. The van der Waals surface area contributed by atoms with Gasteiger partial charge in [-0.05, 0) is 25.6 Å². The zero-order valence-electron chi connectivity index (χ0n) is 42.6. The highest BCUT2D eigenvalue weighted by atomic mass is 79.9. The maximum Gasteiger partial charge on any atom is 0.0924 e. The monoisotopic (exact) mass is 487 g/mol. The first-order valence-corrected chi connectivity index (χ1v) is 9.89. The van der Waals surface area contributed by atoms with E-state index in [9.17, 15) is 0 Å². The average Bonchev–Trinajstić information content (AvgIpc) is 2.96. The molecule has 0 heterocycles. The summed E-state index contributed by atoms with van der Waals surface area (Å²) in [6.07, 6.45) is -36.1. The van der Waals surface area contributed by atoms with Gasteiger partial charge in [-0.15, -0.1) is 0 Å². The normalized spacial score (nSPS) is 30.9. The maximum atomic E-state index is 8.67. The van der Waals surface area contributed by atoms with Crippen molar-refractivity contribution in [2.45, 2.75) is 142 Å². The Kier molecular flexibility index (Phi) is 6.85. The van der Waals surface area contributed by atoms with Crippen LogP contribution in [-0.4, -0.2) is 31.6 Å². The Hall–Kier alpha value is 0.440. The lowest BCUT2D eigenvalue weighted by Crippen LogP contribution is -3.00. The van der Waals surface area contributed by atoms with Crippen LogP contribution in [0.1, 0.15) is 176 Å². The Morgan fingerprint density at radius 1 is 0.607 bits per heavy atom. The second-order valence-electron chi connectivity index (χ2n) is 6.95. The summed E-state index contributed by atoms with van der Waals surface area (Å²) in [6, 6.07) is 0. The number of rotatable bonds is 22. The van der Waals surface area contributed by atoms with Crippen LogP contribution in [0, 0.1) is 0 Å². The number of unbranched alkanes of at least 4 members (excludes halogenated alkanes) is 9. The molecular formula is C26H56BrN. The second kappa shape index (κ2) is 23.7. The van der Waals surface area contributed by atoms with Crippen molar-refractivity contribution < 1.29 is 55.7 Å². The van der Waals surface area contributed by atoms with Crippen molar-refractivity contribution in [1.82, 2.24) is 0 Å². The van der Waals surface area contributed by atoms with Crippen molar-refractivity contribution in [2.75, 3.05) is 27.1 Å². The van der Waals surface area contributed by atoms with Gasteiger partial charge in [-0.25, -0.2) is 0 Å². The molecule has 2 heteroatoms. The molecule has 0 aromatic carbocycles. The van der Waals surface area contributed by atoms with E-state index in [1.54, 1.807) is 0 Å². The SMILES string of the molecule is [2H]C([2H])([2H])C([2H])([2H])C([2H])([2H])C([2H])([2H])C([2H])([2H])C([2H])([2H])C([2H])([2H])C([2H])([2H])C([2H])([2H])C([2H])([2H])C([2H])([2H])C([2H])([2H])[N+](C)(C)CCCCCCCCCCCC.[Br-]. The molecule has 172 valence electrons. The molecule has 0 bridgehead atoms. The molecule has 0 amide bonds. The van der Waals surface area contributed by atoms with Crippen molar-refractivity contribution in [1.29, 1.82) is 0 Å². The fourth-order valence-corrected chi connectivity index (χ4v) is 2.48. The highest BCUT2D eigenvalue weighted by Gasteiger charge is 2.13. The molecule has 0 spiro atoms. The quantitative estimate of drug-likeness (QED) is 0.132. The Morgan fingerprint density at radius 2 is 1.04 bits per heavy atom. The van der Waals surface area contributed by atoms with Gasteiger partial charge < -0.3 is 21.5 Å². The molecule has 0 radical (unpaired) electrons. The minimum Gasteiger partial charge on any atom is -1.00 e. The van der Waals surface area contributed by atoms with E-state index >= 15 is 0 Å². The fourth-order valence-electron chi connectivity index (χ4n) is 2.48. The van der Waals surface area contributed by atoms with Crippen LogP contribution >= 0.6 is 0 Å². The maximum absolute atomic E-state index is 8.67. The first kappa shape index (κ1) is 8.09. The molecule has 28 heavy (non-hydrogen) atoms. The molecule has 0 aromatic rings. The summed E-state index contributed by atoms with van der Waals surface area (Å²) in [5.74, 6) is 0. The molecule has 0 atom stereocenters. The molecular weight excluding hydrogens is 406 g/mol. The summed E-state index contributed by atoms with van der Waals surface area (Å²) in [5, 5.41) is 0. The van der Waals surface area contributed by atoms with E-state index in [0.29, 0.717) is 12.8 Å². The minimum atomic E-state index is -4.79. The molecule has 1 nitrogen and oxygen atoms in total. The number of halogens is 1. The summed E-state index contributed by atoms with van der Waals surface area (Å²) in [7, 11) is 2.40. The average molecular weight is 488 g/mol. The van der Waals surface area contributed by atoms with Crippen molar-refractivity contribution in [2.24, 2.45) is 0 Å². The van der Waals surface area contributed by atoms with Gasteiger partial charge in [0.25, 0.3) is 0 Å². The largest absolute Gasteiger partial charge is 1.00 e. The molecule has 0 saturated carbocycles. The molecule has 0 fully saturated rings. The Labute approximate surface area is 225 Å². The second-order valence-corrected chi connectivity index (χ2v) is 6.95. The van der Waals surface area contributed by atoms with E-state index in [1.807, 2.05) is 0 Å². The van der Waals surface area contributed by atoms with Gasteiger partial charge in [0, 0.05) is 31.5 Å². The van der Waals surface area contributed by atoms with Crippen molar-refractivity contribution in [3.63, 3.8) is 0 Å². The predicted octanol–water partition coefficient (Wildman–Crippen LogP) is 5.91. The third kappa shape index (κ3) is 24.5. The minimum absolute atomic E-state index is 0. The predicted molar refractivity (Wildman–Crippen MR) is 126 cm³/mol. The Bertz CT molecular complexity index is 1160. The summed E-state index contributed by atoms with van der Waals surface area (Å²) in [4.78, 5) is 0. The topological polar surface area (TPSA) is 0 Å². The van der Waals surface area contributed by atoms with Gasteiger partial charge in [-0.2, -0.15) is 0 Å². The van der Waals surface area contributed by atoms with Crippen molar-refractivity contribution in [3.05, 3.63) is 0 Å². The first-order chi connectivity index (χ1) is 22.6. The van der Waals surface area contributed by atoms with Crippen LogP contribution in [0.5, 0.6) is 0 Å². The third-order valence-corrected chi connectivity index (χ3v) is 3.99. The van der Waals surface area contributed by atoms with Gasteiger partial charge in [-0.3, -0.25) is 0 Å². The number of quaternary nitrogens is 1. The van der Waals surface area contributed by atoms with Gasteiger partial charge in [0.1, 0.15) is 0 Å². The van der Waals surface area contributed by atoms with Crippen LogP contribution in [0.3, 0.4) is 0 Å². The number of nitrogens with zero attached hydrogens (tertiary/aromatic N) is 1. The Balaban J connectivity index is 0. The van der Waals surface area contributed by atoms with E-state index in [0.717, 1.165) is 44.9 Å². The number of hydrogen-bond acceptors (Lipinski definition) is 0. The smallest absolute Gasteiger partial charge is 0.0924 e. The standard InChI is InChI=1S/C26H56N.BrH/c1-5-7-9-11-13-15-17-19-21-23-25-27(3,4)26-24-22-20-18-16-14-12-10-8-6-2;/h5-26H2,1-4H3;1H/q+1;/p-1/i1D3,5D2,7D2,9D2,11D2,13D2,15D2,17D2,19D2,21D2,23D2,25D2;. The highest BCUT2D eigenvalue weighted by Crippen LogP contribution is 2.14. The van der Waals surface area contributed by atoms with Gasteiger partial charge >= 0.3 is 0 Å². The molecule has 0 aromatic heterocycles. The van der Waals surface area contributed by atoms with Crippen molar-refractivity contribution in [3.8, 4) is 0 Å².